The predicted octanol–water partition coefficient (Wildman–Crippen LogP) is 3.50. The summed E-state index contributed by atoms with van der Waals surface area (Å²) < 4.78 is 32.8. The third kappa shape index (κ3) is 5.48. The summed E-state index contributed by atoms with van der Waals surface area (Å²) in [4.78, 5) is 12.6. The smallest absolute Gasteiger partial charge is 0.264 e. The number of anilines is 1. The molecule has 28 heavy (non-hydrogen) atoms. The predicted molar refractivity (Wildman–Crippen MR) is 111 cm³/mol. The maximum absolute atomic E-state index is 13.3. The molecule has 2 aromatic carbocycles. The lowest BCUT2D eigenvalue weighted by Gasteiger charge is -2.25. The van der Waals surface area contributed by atoms with Crippen molar-refractivity contribution in [2.75, 3.05) is 18.0 Å². The highest BCUT2D eigenvalue weighted by molar-refractivity contribution is 7.92. The van der Waals surface area contributed by atoms with Crippen molar-refractivity contribution in [2.45, 2.75) is 44.6 Å². The van der Waals surface area contributed by atoms with E-state index in [4.69, 9.17) is 4.74 Å². The molecule has 7 heteroatoms. The molecule has 0 saturated carbocycles. The number of hydrogen-bond acceptors (Lipinski definition) is 4. The molecular weight excluding hydrogens is 376 g/mol. The summed E-state index contributed by atoms with van der Waals surface area (Å²) in [6, 6.07) is 13.2. The standard InChI is InChI=1S/C21H28N2O4S/c1-5-6-17(3)22-21(24)15-23(18-9-7-16(2)8-10-18)28(25,26)20-13-11-19(27-4)12-14-20/h7-14,17H,5-6,15H2,1-4H3,(H,22,24)/t17-/m0/s1. The fraction of sp³-hybridized carbons (Fsp3) is 0.381. The van der Waals surface area contributed by atoms with E-state index in [0.717, 1.165) is 22.7 Å². The molecule has 0 saturated heterocycles. The average molecular weight is 405 g/mol. The van der Waals surface area contributed by atoms with Gasteiger partial charge in [0, 0.05) is 6.04 Å². The molecule has 0 aliphatic carbocycles. The van der Waals surface area contributed by atoms with E-state index in [1.54, 1.807) is 24.3 Å². The number of carbonyl (C=O) groups excluding carboxylic acids is 1. The Labute approximate surface area is 167 Å². The van der Waals surface area contributed by atoms with Gasteiger partial charge in [-0.05, 0) is 56.7 Å². The van der Waals surface area contributed by atoms with Crippen LogP contribution in [-0.4, -0.2) is 34.0 Å². The number of rotatable bonds is 9. The van der Waals surface area contributed by atoms with Gasteiger partial charge in [-0.15, -0.1) is 0 Å². The van der Waals surface area contributed by atoms with Crippen molar-refractivity contribution < 1.29 is 17.9 Å². The van der Waals surface area contributed by atoms with E-state index in [2.05, 4.69) is 5.32 Å². The molecule has 0 unspecified atom stereocenters. The Balaban J connectivity index is 2.36. The van der Waals surface area contributed by atoms with Crippen LogP contribution in [0.25, 0.3) is 0 Å². The summed E-state index contributed by atoms with van der Waals surface area (Å²) in [7, 11) is -2.40. The van der Waals surface area contributed by atoms with Gasteiger partial charge in [-0.2, -0.15) is 0 Å². The van der Waals surface area contributed by atoms with Gasteiger partial charge in [0.2, 0.25) is 5.91 Å². The normalized spacial score (nSPS) is 12.3. The number of nitrogens with one attached hydrogen (secondary N) is 1. The summed E-state index contributed by atoms with van der Waals surface area (Å²) in [6.45, 7) is 5.59. The summed E-state index contributed by atoms with van der Waals surface area (Å²) in [5.74, 6) is 0.227. The minimum absolute atomic E-state index is 0.0129. The Hall–Kier alpha value is -2.54. The SMILES string of the molecule is CCC[C@H](C)NC(=O)CN(c1ccc(C)cc1)S(=O)(=O)c1ccc(OC)cc1. The minimum atomic E-state index is -3.92. The van der Waals surface area contributed by atoms with E-state index in [9.17, 15) is 13.2 Å². The lowest BCUT2D eigenvalue weighted by molar-refractivity contribution is -0.120. The van der Waals surface area contributed by atoms with Crippen LogP contribution in [0, 0.1) is 6.92 Å². The first-order valence-electron chi connectivity index (χ1n) is 9.30. The zero-order chi connectivity index (χ0) is 20.7. The van der Waals surface area contributed by atoms with Gasteiger partial charge in [-0.25, -0.2) is 8.42 Å². The van der Waals surface area contributed by atoms with Gasteiger partial charge in [0.05, 0.1) is 17.7 Å². The number of benzene rings is 2. The zero-order valence-electron chi connectivity index (χ0n) is 16.8. The molecule has 6 nitrogen and oxygen atoms in total. The highest BCUT2D eigenvalue weighted by Gasteiger charge is 2.27. The van der Waals surface area contributed by atoms with E-state index in [-0.39, 0.29) is 23.4 Å². The van der Waals surface area contributed by atoms with Crippen LogP contribution in [0.15, 0.2) is 53.4 Å². The second-order valence-electron chi connectivity index (χ2n) is 6.78. The van der Waals surface area contributed by atoms with E-state index in [1.807, 2.05) is 32.9 Å². The molecule has 0 heterocycles. The van der Waals surface area contributed by atoms with Crippen molar-refractivity contribution in [3.05, 3.63) is 54.1 Å². The molecule has 0 fully saturated rings. The van der Waals surface area contributed by atoms with Crippen LogP contribution in [0.5, 0.6) is 5.75 Å². The van der Waals surface area contributed by atoms with Crippen molar-refractivity contribution in [3.63, 3.8) is 0 Å². The molecule has 1 amide bonds. The highest BCUT2D eigenvalue weighted by atomic mass is 32.2. The first-order valence-corrected chi connectivity index (χ1v) is 10.7. The van der Waals surface area contributed by atoms with Gasteiger partial charge in [-0.1, -0.05) is 31.0 Å². The van der Waals surface area contributed by atoms with Crippen molar-refractivity contribution in [3.8, 4) is 5.75 Å². The molecule has 0 aromatic heterocycles. The van der Waals surface area contributed by atoms with Crippen LogP contribution in [-0.2, 0) is 14.8 Å². The maximum atomic E-state index is 13.3. The monoisotopic (exact) mass is 404 g/mol. The third-order valence-electron chi connectivity index (χ3n) is 4.39. The van der Waals surface area contributed by atoms with Gasteiger partial charge in [0.1, 0.15) is 12.3 Å². The Morgan fingerprint density at radius 1 is 1.11 bits per heavy atom. The van der Waals surface area contributed by atoms with E-state index >= 15 is 0 Å². The Morgan fingerprint density at radius 2 is 1.71 bits per heavy atom. The van der Waals surface area contributed by atoms with E-state index in [1.165, 1.54) is 19.2 Å². The summed E-state index contributed by atoms with van der Waals surface area (Å²) in [6.07, 6.45) is 1.77. The van der Waals surface area contributed by atoms with Crippen molar-refractivity contribution in [1.82, 2.24) is 5.32 Å². The van der Waals surface area contributed by atoms with Crippen LogP contribution < -0.4 is 14.4 Å². The number of nitrogens with zero attached hydrogens (tertiary/aromatic N) is 1. The zero-order valence-corrected chi connectivity index (χ0v) is 17.6. The molecular formula is C21H28N2O4S. The lowest BCUT2D eigenvalue weighted by atomic mass is 10.2. The Morgan fingerprint density at radius 3 is 2.25 bits per heavy atom. The maximum Gasteiger partial charge on any atom is 0.264 e. The van der Waals surface area contributed by atoms with Gasteiger partial charge >= 0.3 is 0 Å². The van der Waals surface area contributed by atoms with Gasteiger partial charge < -0.3 is 10.1 Å². The Kier molecular flexibility index (Phi) is 7.45. The molecule has 2 aromatic rings. The number of aryl methyl sites for hydroxylation is 1. The van der Waals surface area contributed by atoms with Gasteiger partial charge in [0.15, 0.2) is 0 Å². The van der Waals surface area contributed by atoms with Gasteiger partial charge in [0.25, 0.3) is 10.0 Å². The Bertz CT molecular complexity index is 878. The number of ether oxygens (including phenoxy) is 1. The van der Waals surface area contributed by atoms with Crippen LogP contribution in [0.3, 0.4) is 0 Å². The second kappa shape index (κ2) is 9.59. The highest BCUT2D eigenvalue weighted by Crippen LogP contribution is 2.25. The summed E-state index contributed by atoms with van der Waals surface area (Å²) >= 11 is 0. The van der Waals surface area contributed by atoms with Gasteiger partial charge in [-0.3, -0.25) is 9.10 Å². The topological polar surface area (TPSA) is 75.7 Å². The quantitative estimate of drug-likeness (QED) is 0.694. The number of sulfonamides is 1. The molecule has 0 spiro atoms. The van der Waals surface area contributed by atoms with Crippen LogP contribution in [0.2, 0.25) is 0 Å². The fourth-order valence-corrected chi connectivity index (χ4v) is 4.28. The molecule has 1 N–H and O–H groups in total. The number of hydrogen-bond donors (Lipinski definition) is 1. The van der Waals surface area contributed by atoms with Crippen LogP contribution in [0.4, 0.5) is 5.69 Å². The number of methoxy groups -OCH3 is 1. The molecule has 0 radical (unpaired) electrons. The van der Waals surface area contributed by atoms with Crippen LogP contribution in [0.1, 0.15) is 32.3 Å². The van der Waals surface area contributed by atoms with Crippen molar-refractivity contribution >= 4 is 21.6 Å². The molecule has 1 atom stereocenters. The molecule has 0 bridgehead atoms. The largest absolute Gasteiger partial charge is 0.497 e. The molecule has 2 rings (SSSR count). The average Bonchev–Trinajstić information content (AvgIpc) is 2.67. The first kappa shape index (κ1) is 21.8. The van der Waals surface area contributed by atoms with E-state index < -0.39 is 10.0 Å². The lowest BCUT2D eigenvalue weighted by Crippen LogP contribution is -2.43. The third-order valence-corrected chi connectivity index (χ3v) is 6.17. The second-order valence-corrected chi connectivity index (χ2v) is 8.64. The summed E-state index contributed by atoms with van der Waals surface area (Å²) in [5, 5.41) is 2.87. The van der Waals surface area contributed by atoms with Crippen molar-refractivity contribution in [1.29, 1.82) is 0 Å². The van der Waals surface area contributed by atoms with E-state index in [0.29, 0.717) is 11.4 Å². The summed E-state index contributed by atoms with van der Waals surface area (Å²) in [5.41, 5.74) is 1.45. The molecule has 152 valence electrons. The minimum Gasteiger partial charge on any atom is -0.497 e. The molecule has 0 aliphatic heterocycles. The molecule has 0 aliphatic rings. The van der Waals surface area contributed by atoms with Crippen LogP contribution >= 0.6 is 0 Å². The fourth-order valence-electron chi connectivity index (χ4n) is 2.86. The number of carbonyl (C=O) groups is 1. The van der Waals surface area contributed by atoms with Crippen molar-refractivity contribution in [2.24, 2.45) is 0 Å². The first-order chi connectivity index (χ1) is 13.3. The number of amides is 1.